The van der Waals surface area contributed by atoms with E-state index in [0.29, 0.717) is 29.8 Å². The third-order valence-corrected chi connectivity index (χ3v) is 6.91. The van der Waals surface area contributed by atoms with E-state index in [1.165, 1.54) is 10.9 Å². The molecule has 1 unspecified atom stereocenters. The lowest BCUT2D eigenvalue weighted by Crippen LogP contribution is -2.31. The molecule has 3 heterocycles. The van der Waals surface area contributed by atoms with Gasteiger partial charge < -0.3 is 30.1 Å². The van der Waals surface area contributed by atoms with E-state index in [4.69, 9.17) is 26.1 Å². The Hall–Kier alpha value is -2.11. The van der Waals surface area contributed by atoms with Crippen molar-refractivity contribution in [1.82, 2.24) is 19.5 Å². The van der Waals surface area contributed by atoms with Crippen LogP contribution < -0.4 is 5.32 Å². The first-order valence-corrected chi connectivity index (χ1v) is 13.1. The van der Waals surface area contributed by atoms with Crippen molar-refractivity contribution >= 4 is 36.2 Å². The zero-order valence-electron chi connectivity index (χ0n) is 18.4. The van der Waals surface area contributed by atoms with Crippen molar-refractivity contribution in [2.75, 3.05) is 11.5 Å². The van der Waals surface area contributed by atoms with Crippen LogP contribution in [0.4, 0.5) is 5.82 Å². The number of hydrogen-bond donors (Lipinski definition) is 5. The monoisotopic (exact) mass is 511 g/mol. The molecule has 34 heavy (non-hydrogen) atoms. The van der Waals surface area contributed by atoms with E-state index >= 15 is 0 Å². The third-order valence-electron chi connectivity index (χ3n) is 5.85. The van der Waals surface area contributed by atoms with Crippen molar-refractivity contribution in [3.63, 3.8) is 0 Å². The van der Waals surface area contributed by atoms with E-state index in [1.54, 1.807) is 0 Å². The Morgan fingerprint density at radius 2 is 1.91 bits per heavy atom. The van der Waals surface area contributed by atoms with Gasteiger partial charge in [0.2, 0.25) is 5.28 Å². The average Bonchev–Trinajstić information content (AvgIpc) is 3.32. The zero-order chi connectivity index (χ0) is 24.5. The number of nitrogens with zero attached hydrogens (tertiary/aromatic N) is 4. The molecule has 1 aliphatic heterocycles. The predicted molar refractivity (Wildman–Crippen MR) is 125 cm³/mol. The fraction of sp³-hybridized carbons (Fsp3) is 0.476. The molecular formula is C21H27ClN5O6P. The Labute approximate surface area is 200 Å². The molecule has 2 aromatic heterocycles. The summed E-state index contributed by atoms with van der Waals surface area (Å²) >= 11 is 6.18. The summed E-state index contributed by atoms with van der Waals surface area (Å²) in [7, 11) is -4.07. The molecule has 11 nitrogen and oxygen atoms in total. The highest BCUT2D eigenvalue weighted by Gasteiger charge is 2.44. The molecule has 0 radical (unpaired) electrons. The summed E-state index contributed by atoms with van der Waals surface area (Å²) in [6.07, 6.45) is -1.84. The number of aliphatic hydroxyl groups is 2. The SMILES string of the molecule is C[C@H](Nc1nc(Cl)nc2c1ncn2[C@@H]1O[C@H](CCCCP(=O)(O)O)[C@H](O)C1O)c1ccccc1. The van der Waals surface area contributed by atoms with E-state index < -0.39 is 32.1 Å². The number of rotatable bonds is 9. The lowest BCUT2D eigenvalue weighted by atomic mass is 10.1. The quantitative estimate of drug-likeness (QED) is 0.164. The van der Waals surface area contributed by atoms with E-state index in [0.717, 1.165) is 5.56 Å². The van der Waals surface area contributed by atoms with Gasteiger partial charge in [-0.15, -0.1) is 0 Å². The van der Waals surface area contributed by atoms with Gasteiger partial charge in [0.1, 0.15) is 12.2 Å². The van der Waals surface area contributed by atoms with Crippen LogP contribution in [0.5, 0.6) is 0 Å². The van der Waals surface area contributed by atoms with Crippen LogP contribution in [0.1, 0.15) is 44.0 Å². The van der Waals surface area contributed by atoms with Gasteiger partial charge in [-0.2, -0.15) is 9.97 Å². The number of fused-ring (bicyclic) bond motifs is 1. The topological polar surface area (TPSA) is 163 Å². The van der Waals surface area contributed by atoms with Crippen LogP contribution in [0, 0.1) is 0 Å². The summed E-state index contributed by atoms with van der Waals surface area (Å²) in [6, 6.07) is 9.70. The maximum atomic E-state index is 11.0. The highest BCUT2D eigenvalue weighted by atomic mass is 35.5. The van der Waals surface area contributed by atoms with Crippen LogP contribution in [0.25, 0.3) is 11.2 Å². The second-order valence-corrected chi connectivity index (χ2v) is 10.5. The molecule has 1 saturated heterocycles. The number of halogens is 1. The number of ether oxygens (including phenoxy) is 1. The molecule has 0 spiro atoms. The molecule has 0 aliphatic carbocycles. The fourth-order valence-corrected chi connectivity index (χ4v) is 4.87. The van der Waals surface area contributed by atoms with Crippen molar-refractivity contribution in [3.05, 3.63) is 47.5 Å². The lowest BCUT2D eigenvalue weighted by molar-refractivity contribution is -0.0373. The summed E-state index contributed by atoms with van der Waals surface area (Å²) < 4.78 is 18.4. The Balaban J connectivity index is 1.52. The zero-order valence-corrected chi connectivity index (χ0v) is 20.0. The Kier molecular flexibility index (Phi) is 7.54. The van der Waals surface area contributed by atoms with E-state index in [9.17, 15) is 14.8 Å². The summed E-state index contributed by atoms with van der Waals surface area (Å²) in [5.41, 5.74) is 1.81. The van der Waals surface area contributed by atoms with E-state index in [-0.39, 0.29) is 23.9 Å². The molecule has 3 aromatic rings. The first kappa shape index (κ1) is 25.0. The highest BCUT2D eigenvalue weighted by molar-refractivity contribution is 7.51. The average molecular weight is 512 g/mol. The first-order valence-electron chi connectivity index (χ1n) is 10.9. The standard InChI is InChI=1S/C21H27ClN5O6P/c1-12(13-7-3-2-4-8-13)24-18-15-19(26-21(22)25-18)27(11-23-15)20-17(29)16(28)14(33-20)9-5-6-10-34(30,31)32/h2-4,7-8,11-12,14,16-17,20,28-29H,5-6,9-10H2,1H3,(H,24,25,26)(H2,30,31,32)/t12-,14+,16-,17?,20+/m0/s1. The number of aliphatic hydroxyl groups excluding tert-OH is 2. The van der Waals surface area contributed by atoms with Crippen molar-refractivity contribution in [1.29, 1.82) is 0 Å². The van der Waals surface area contributed by atoms with Crippen molar-refractivity contribution < 1.29 is 29.3 Å². The number of nitrogens with one attached hydrogen (secondary N) is 1. The minimum atomic E-state index is -4.07. The molecule has 5 N–H and O–H groups in total. The smallest absolute Gasteiger partial charge is 0.325 e. The molecule has 0 saturated carbocycles. The minimum Gasteiger partial charge on any atom is -0.388 e. The van der Waals surface area contributed by atoms with Gasteiger partial charge in [-0.25, -0.2) is 4.98 Å². The summed E-state index contributed by atoms with van der Waals surface area (Å²) in [5, 5.41) is 24.4. The lowest BCUT2D eigenvalue weighted by Gasteiger charge is -2.18. The molecule has 4 rings (SSSR count). The predicted octanol–water partition coefficient (Wildman–Crippen LogP) is 2.62. The number of unbranched alkanes of at least 4 members (excludes halogenated alkanes) is 1. The van der Waals surface area contributed by atoms with E-state index in [1.807, 2.05) is 37.3 Å². The van der Waals surface area contributed by atoms with Crippen LogP contribution in [0.15, 0.2) is 36.7 Å². The molecule has 1 aliphatic rings. The second kappa shape index (κ2) is 10.2. The molecule has 0 amide bonds. The van der Waals surface area contributed by atoms with Crippen LogP contribution in [0.2, 0.25) is 5.28 Å². The third kappa shape index (κ3) is 5.58. The fourth-order valence-electron chi connectivity index (χ4n) is 4.07. The van der Waals surface area contributed by atoms with Gasteiger partial charge in [-0.3, -0.25) is 9.13 Å². The van der Waals surface area contributed by atoms with Gasteiger partial charge in [0.05, 0.1) is 18.5 Å². The van der Waals surface area contributed by atoms with Gasteiger partial charge in [-0.1, -0.05) is 36.8 Å². The Morgan fingerprint density at radius 1 is 1.18 bits per heavy atom. The minimum absolute atomic E-state index is 0.0148. The summed E-state index contributed by atoms with van der Waals surface area (Å²) in [6.45, 7) is 1.98. The summed E-state index contributed by atoms with van der Waals surface area (Å²) in [5.74, 6) is 0.423. The van der Waals surface area contributed by atoms with Crippen LogP contribution in [-0.4, -0.2) is 64.0 Å². The second-order valence-electron chi connectivity index (χ2n) is 8.37. The normalized spacial score (nSPS) is 23.9. The van der Waals surface area contributed by atoms with Gasteiger partial charge in [0, 0.05) is 6.16 Å². The summed E-state index contributed by atoms with van der Waals surface area (Å²) in [4.78, 5) is 30.9. The number of aromatic nitrogens is 4. The van der Waals surface area contributed by atoms with Crippen LogP contribution >= 0.6 is 19.2 Å². The van der Waals surface area contributed by atoms with Crippen LogP contribution in [0.3, 0.4) is 0 Å². The number of anilines is 1. The maximum Gasteiger partial charge on any atom is 0.325 e. The number of benzene rings is 1. The van der Waals surface area contributed by atoms with Crippen LogP contribution in [-0.2, 0) is 9.30 Å². The van der Waals surface area contributed by atoms with Gasteiger partial charge in [-0.05, 0) is 36.9 Å². The molecule has 0 bridgehead atoms. The van der Waals surface area contributed by atoms with Gasteiger partial charge >= 0.3 is 7.60 Å². The molecular weight excluding hydrogens is 485 g/mol. The maximum absolute atomic E-state index is 11.0. The highest BCUT2D eigenvalue weighted by Crippen LogP contribution is 2.37. The first-order chi connectivity index (χ1) is 16.1. The number of hydrogen-bond acceptors (Lipinski definition) is 8. The van der Waals surface area contributed by atoms with Gasteiger partial charge in [0.25, 0.3) is 0 Å². The Morgan fingerprint density at radius 3 is 2.62 bits per heavy atom. The van der Waals surface area contributed by atoms with Crippen molar-refractivity contribution in [3.8, 4) is 0 Å². The molecule has 1 aromatic carbocycles. The Bertz CT molecular complexity index is 1180. The number of imidazole rings is 1. The molecule has 5 atom stereocenters. The molecule has 1 fully saturated rings. The molecule has 184 valence electrons. The van der Waals surface area contributed by atoms with E-state index in [2.05, 4.69) is 20.3 Å². The van der Waals surface area contributed by atoms with Crippen molar-refractivity contribution in [2.24, 2.45) is 0 Å². The largest absolute Gasteiger partial charge is 0.388 e. The van der Waals surface area contributed by atoms with Crippen molar-refractivity contribution in [2.45, 2.75) is 56.8 Å². The molecule has 13 heteroatoms. The van der Waals surface area contributed by atoms with Gasteiger partial charge in [0.15, 0.2) is 23.2 Å².